The van der Waals surface area contributed by atoms with Gasteiger partial charge in [-0.25, -0.2) is 0 Å². The summed E-state index contributed by atoms with van der Waals surface area (Å²) < 4.78 is 0. The normalized spacial score (nSPS) is 50.1. The first-order valence-electron chi connectivity index (χ1n) is 3.00. The van der Waals surface area contributed by atoms with Gasteiger partial charge in [-0.15, -0.1) is 0 Å². The van der Waals surface area contributed by atoms with Crippen LogP contribution in [-0.4, -0.2) is 57.0 Å². The van der Waals surface area contributed by atoms with Gasteiger partial charge >= 0.3 is 0 Å². The molecule has 0 aromatic carbocycles. The van der Waals surface area contributed by atoms with Crippen LogP contribution in [0.15, 0.2) is 0 Å². The SMILES string of the molecule is CN1C(O)C(O)C(O)C1O. The van der Waals surface area contributed by atoms with Gasteiger partial charge in [0.05, 0.1) is 0 Å². The molecule has 1 aliphatic rings. The molecular weight excluding hydrogens is 138 g/mol. The van der Waals surface area contributed by atoms with Crippen LogP contribution in [0, 0.1) is 0 Å². The number of hydrogen-bond acceptors (Lipinski definition) is 5. The van der Waals surface area contributed by atoms with Crippen molar-refractivity contribution in [3.63, 3.8) is 0 Å². The Morgan fingerprint density at radius 1 is 0.900 bits per heavy atom. The summed E-state index contributed by atoms with van der Waals surface area (Å²) in [5.74, 6) is 0. The molecule has 0 aromatic heterocycles. The highest BCUT2D eigenvalue weighted by Crippen LogP contribution is 2.19. The Kier molecular flexibility index (Phi) is 1.93. The highest BCUT2D eigenvalue weighted by Gasteiger charge is 2.43. The van der Waals surface area contributed by atoms with Crippen molar-refractivity contribution in [2.45, 2.75) is 24.7 Å². The molecule has 0 spiro atoms. The second-order valence-electron chi connectivity index (χ2n) is 2.47. The fourth-order valence-electron chi connectivity index (χ4n) is 0.991. The third-order valence-corrected chi connectivity index (χ3v) is 1.80. The summed E-state index contributed by atoms with van der Waals surface area (Å²) in [7, 11) is 1.41. The second kappa shape index (κ2) is 2.44. The predicted octanol–water partition coefficient (Wildman–Crippen LogP) is -2.71. The summed E-state index contributed by atoms with van der Waals surface area (Å²) in [5.41, 5.74) is 0. The van der Waals surface area contributed by atoms with Crippen LogP contribution in [0.4, 0.5) is 0 Å². The van der Waals surface area contributed by atoms with Crippen molar-refractivity contribution in [3.8, 4) is 0 Å². The van der Waals surface area contributed by atoms with Gasteiger partial charge in [0, 0.05) is 0 Å². The number of hydrogen-bond donors (Lipinski definition) is 4. The van der Waals surface area contributed by atoms with Crippen molar-refractivity contribution in [1.82, 2.24) is 4.90 Å². The lowest BCUT2D eigenvalue weighted by Gasteiger charge is -2.16. The molecule has 0 aliphatic carbocycles. The molecule has 1 fully saturated rings. The molecule has 4 atom stereocenters. The fraction of sp³-hybridized carbons (Fsp3) is 1.00. The van der Waals surface area contributed by atoms with E-state index in [0.29, 0.717) is 0 Å². The first kappa shape index (κ1) is 7.90. The van der Waals surface area contributed by atoms with E-state index in [9.17, 15) is 0 Å². The topological polar surface area (TPSA) is 84.2 Å². The van der Waals surface area contributed by atoms with E-state index >= 15 is 0 Å². The van der Waals surface area contributed by atoms with E-state index in [1.807, 2.05) is 0 Å². The van der Waals surface area contributed by atoms with E-state index in [0.717, 1.165) is 4.90 Å². The molecule has 0 radical (unpaired) electrons. The van der Waals surface area contributed by atoms with Crippen molar-refractivity contribution in [1.29, 1.82) is 0 Å². The Labute approximate surface area is 58.1 Å². The summed E-state index contributed by atoms with van der Waals surface area (Å²) in [6, 6.07) is 0. The molecular formula is C5H11NO4. The maximum atomic E-state index is 8.96. The minimum Gasteiger partial charge on any atom is -0.386 e. The molecule has 4 N–H and O–H groups in total. The van der Waals surface area contributed by atoms with Crippen molar-refractivity contribution >= 4 is 0 Å². The monoisotopic (exact) mass is 149 g/mol. The molecule has 4 unspecified atom stereocenters. The number of likely N-dealkylation sites (tertiary alicyclic amines) is 1. The van der Waals surface area contributed by atoms with Crippen molar-refractivity contribution < 1.29 is 20.4 Å². The maximum absolute atomic E-state index is 8.96. The van der Waals surface area contributed by atoms with Gasteiger partial charge in [0.15, 0.2) is 0 Å². The Bertz CT molecular complexity index is 86.0. The third-order valence-electron chi connectivity index (χ3n) is 1.80. The zero-order valence-corrected chi connectivity index (χ0v) is 5.55. The average molecular weight is 149 g/mol. The van der Waals surface area contributed by atoms with E-state index in [-0.39, 0.29) is 0 Å². The molecule has 0 aromatic rings. The lowest BCUT2D eigenvalue weighted by molar-refractivity contribution is -0.0625. The summed E-state index contributed by atoms with van der Waals surface area (Å²) in [5, 5.41) is 35.7. The molecule has 5 nitrogen and oxygen atoms in total. The molecule has 5 heteroatoms. The van der Waals surface area contributed by atoms with Crippen LogP contribution < -0.4 is 0 Å². The molecule has 1 rings (SSSR count). The van der Waals surface area contributed by atoms with Gasteiger partial charge in [-0.1, -0.05) is 0 Å². The number of aliphatic hydroxyl groups excluding tert-OH is 4. The van der Waals surface area contributed by atoms with Crippen LogP contribution in [0.2, 0.25) is 0 Å². The summed E-state index contributed by atoms with van der Waals surface area (Å²) in [6.07, 6.45) is -4.91. The van der Waals surface area contributed by atoms with Crippen LogP contribution in [0.3, 0.4) is 0 Å². The van der Waals surface area contributed by atoms with Gasteiger partial charge in [0.1, 0.15) is 24.7 Å². The highest BCUT2D eigenvalue weighted by molar-refractivity contribution is 4.88. The maximum Gasteiger partial charge on any atom is 0.138 e. The van der Waals surface area contributed by atoms with Gasteiger partial charge in [-0.05, 0) is 7.05 Å². The molecule has 10 heavy (non-hydrogen) atoms. The smallest absolute Gasteiger partial charge is 0.138 e. The molecule has 1 aliphatic heterocycles. The second-order valence-corrected chi connectivity index (χ2v) is 2.47. The molecule has 1 heterocycles. The first-order chi connectivity index (χ1) is 4.55. The first-order valence-corrected chi connectivity index (χ1v) is 3.00. The Morgan fingerprint density at radius 2 is 1.20 bits per heavy atom. The lowest BCUT2D eigenvalue weighted by atomic mass is 10.2. The zero-order chi connectivity index (χ0) is 7.89. The molecule has 0 bridgehead atoms. The van der Waals surface area contributed by atoms with Gasteiger partial charge < -0.3 is 20.4 Å². The minimum absolute atomic E-state index is 1.09. The Morgan fingerprint density at radius 3 is 1.30 bits per heavy atom. The van der Waals surface area contributed by atoms with E-state index in [1.165, 1.54) is 7.05 Å². The molecule has 1 saturated heterocycles. The molecule has 60 valence electrons. The highest BCUT2D eigenvalue weighted by atomic mass is 16.4. The van der Waals surface area contributed by atoms with Crippen LogP contribution in [0.5, 0.6) is 0 Å². The lowest BCUT2D eigenvalue weighted by Crippen LogP contribution is -2.35. The van der Waals surface area contributed by atoms with Gasteiger partial charge in [-0.3, -0.25) is 4.90 Å². The Hall–Kier alpha value is -0.200. The van der Waals surface area contributed by atoms with Gasteiger partial charge in [0.25, 0.3) is 0 Å². The van der Waals surface area contributed by atoms with Crippen molar-refractivity contribution in [2.24, 2.45) is 0 Å². The fourth-order valence-corrected chi connectivity index (χ4v) is 0.991. The minimum atomic E-state index is -1.28. The van der Waals surface area contributed by atoms with Crippen LogP contribution in [0.25, 0.3) is 0 Å². The van der Waals surface area contributed by atoms with E-state index in [4.69, 9.17) is 20.4 Å². The number of rotatable bonds is 0. The van der Waals surface area contributed by atoms with Crippen LogP contribution in [0.1, 0.15) is 0 Å². The third kappa shape index (κ3) is 0.920. The standard InChI is InChI=1S/C5H11NO4/c1-6-4(9)2(7)3(8)5(6)10/h2-5,7-10H,1H3. The van der Waals surface area contributed by atoms with Crippen molar-refractivity contribution in [3.05, 3.63) is 0 Å². The van der Waals surface area contributed by atoms with Crippen LogP contribution >= 0.6 is 0 Å². The number of likely N-dealkylation sites (N-methyl/N-ethyl adjacent to an activating group) is 1. The number of nitrogens with zero attached hydrogens (tertiary/aromatic N) is 1. The summed E-state index contributed by atoms with van der Waals surface area (Å²) in [4.78, 5) is 1.09. The Balaban J connectivity index is 2.68. The average Bonchev–Trinajstić information content (AvgIpc) is 2.07. The largest absolute Gasteiger partial charge is 0.386 e. The predicted molar refractivity (Wildman–Crippen MR) is 31.8 cm³/mol. The zero-order valence-electron chi connectivity index (χ0n) is 5.55. The van der Waals surface area contributed by atoms with E-state index in [1.54, 1.807) is 0 Å². The van der Waals surface area contributed by atoms with E-state index < -0.39 is 24.7 Å². The van der Waals surface area contributed by atoms with Gasteiger partial charge in [0.2, 0.25) is 0 Å². The van der Waals surface area contributed by atoms with Crippen LogP contribution in [-0.2, 0) is 0 Å². The molecule has 0 saturated carbocycles. The van der Waals surface area contributed by atoms with Gasteiger partial charge in [-0.2, -0.15) is 0 Å². The quantitative estimate of drug-likeness (QED) is 0.301. The number of aliphatic hydroxyl groups is 4. The molecule has 0 amide bonds. The summed E-state index contributed by atoms with van der Waals surface area (Å²) in [6.45, 7) is 0. The van der Waals surface area contributed by atoms with Crippen molar-refractivity contribution in [2.75, 3.05) is 7.05 Å². The van der Waals surface area contributed by atoms with E-state index in [2.05, 4.69) is 0 Å². The summed E-state index contributed by atoms with van der Waals surface area (Å²) >= 11 is 0.